The summed E-state index contributed by atoms with van der Waals surface area (Å²) in [6, 6.07) is 0. The average molecular weight is 715 g/mol. The van der Waals surface area contributed by atoms with Gasteiger partial charge in [-0.3, -0.25) is 0 Å². The standard InChI is InChI=1S/C24BF20.H3N.H2O/c26-5-1(6(27)14(35)21(42)13(5)34)25(2-7(28)15(36)22(43)16(37)8(2)29,3-9(30)17(38)23(44)18(39)10(3)31)4-11(32)19(40)24(45)20(41)12(4)33;;/h;1H3;1H2/q-1;;/p+1. The largest absolute Gasteiger partial charge is 0.412 e. The maximum Gasteiger partial charge on any atom is 0.200 e. The zero-order chi connectivity index (χ0) is 34.4. The Balaban J connectivity index is 0.00000384. The molecule has 6 N–H and O–H groups in total. The van der Waals surface area contributed by atoms with Crippen LogP contribution in [0.25, 0.3) is 0 Å². The van der Waals surface area contributed by atoms with Crippen LogP contribution in [-0.2, 0) is 0 Å². The van der Waals surface area contributed by atoms with E-state index in [0.717, 1.165) is 0 Å². The molecule has 47 heavy (non-hydrogen) atoms. The van der Waals surface area contributed by atoms with Crippen LogP contribution in [0.3, 0.4) is 0 Å². The van der Waals surface area contributed by atoms with E-state index >= 15 is 35.1 Å². The fourth-order valence-electron chi connectivity index (χ4n) is 4.87. The van der Waals surface area contributed by atoms with E-state index in [0.29, 0.717) is 0 Å². The molecule has 0 amide bonds. The molecular formula is C24H6BF20NO. The molecule has 0 aromatic heterocycles. The first-order valence-electron chi connectivity index (χ1n) is 10.9. The van der Waals surface area contributed by atoms with Crippen molar-refractivity contribution in [2.45, 2.75) is 0 Å². The van der Waals surface area contributed by atoms with E-state index in [9.17, 15) is 52.7 Å². The topological polar surface area (TPSA) is 68.0 Å². The molecule has 0 fully saturated rings. The van der Waals surface area contributed by atoms with Crippen molar-refractivity contribution in [1.82, 2.24) is 6.15 Å². The van der Waals surface area contributed by atoms with Crippen molar-refractivity contribution in [1.29, 1.82) is 0 Å². The Morgan fingerprint density at radius 2 is 0.277 bits per heavy atom. The molecule has 0 heterocycles. The van der Waals surface area contributed by atoms with Crippen LogP contribution in [0, 0.1) is 116 Å². The molecule has 2 nitrogen and oxygen atoms in total. The first-order valence-corrected chi connectivity index (χ1v) is 10.9. The molecule has 0 aliphatic rings. The summed E-state index contributed by atoms with van der Waals surface area (Å²) in [4.78, 5) is 0. The normalized spacial score (nSPS) is 11.5. The Labute approximate surface area is 244 Å². The monoisotopic (exact) mass is 715 g/mol. The summed E-state index contributed by atoms with van der Waals surface area (Å²) in [6.07, 6.45) is -7.22. The van der Waals surface area contributed by atoms with Gasteiger partial charge in [-0.05, 0) is 0 Å². The highest BCUT2D eigenvalue weighted by Crippen LogP contribution is 2.30. The van der Waals surface area contributed by atoms with Crippen molar-refractivity contribution in [3.05, 3.63) is 116 Å². The molecule has 0 radical (unpaired) electrons. The highest BCUT2D eigenvalue weighted by molar-refractivity contribution is 7.20. The fourth-order valence-corrected chi connectivity index (χ4v) is 4.87. The molecule has 0 spiro atoms. The van der Waals surface area contributed by atoms with Gasteiger partial charge in [-0.25, -0.2) is 87.8 Å². The third-order valence-electron chi connectivity index (χ3n) is 6.71. The average Bonchev–Trinajstić information content (AvgIpc) is 3.00. The van der Waals surface area contributed by atoms with E-state index in [1.54, 1.807) is 0 Å². The van der Waals surface area contributed by atoms with Crippen molar-refractivity contribution in [2.24, 2.45) is 0 Å². The number of benzene rings is 4. The molecule has 0 bridgehead atoms. The number of hydrogen-bond acceptors (Lipinski definition) is 0. The lowest BCUT2D eigenvalue weighted by atomic mass is 9.12. The number of halogens is 20. The zero-order valence-electron chi connectivity index (χ0n) is 21.6. The van der Waals surface area contributed by atoms with Crippen LogP contribution >= 0.6 is 0 Å². The second kappa shape index (κ2) is 12.6. The highest BCUT2D eigenvalue weighted by Gasteiger charge is 2.52. The van der Waals surface area contributed by atoms with Gasteiger partial charge >= 0.3 is 0 Å². The smallest absolute Gasteiger partial charge is 0.200 e. The van der Waals surface area contributed by atoms with Gasteiger partial charge < -0.3 is 11.6 Å². The number of rotatable bonds is 4. The summed E-state index contributed by atoms with van der Waals surface area (Å²) in [7, 11) is 0. The van der Waals surface area contributed by atoms with Gasteiger partial charge in [-0.1, -0.05) is 0 Å². The summed E-state index contributed by atoms with van der Waals surface area (Å²) >= 11 is 0. The maximum absolute atomic E-state index is 15.4. The first kappa shape index (κ1) is 38.6. The summed E-state index contributed by atoms with van der Waals surface area (Å²) in [5.41, 5.74) is -14.3. The number of hydrogen-bond donors (Lipinski definition) is 1. The van der Waals surface area contributed by atoms with Gasteiger partial charge in [0.2, 0.25) is 0 Å². The predicted molar refractivity (Wildman–Crippen MR) is 119 cm³/mol. The summed E-state index contributed by atoms with van der Waals surface area (Å²) in [5.74, 6) is -71.4. The highest BCUT2D eigenvalue weighted by atomic mass is 19.2. The lowest BCUT2D eigenvalue weighted by Gasteiger charge is -2.44. The van der Waals surface area contributed by atoms with E-state index < -0.39 is 144 Å². The van der Waals surface area contributed by atoms with E-state index in [4.69, 9.17) is 0 Å². The lowest BCUT2D eigenvalue weighted by Crippen LogP contribution is -2.81. The fraction of sp³-hybridized carbons (Fsp3) is 0. The van der Waals surface area contributed by atoms with Crippen molar-refractivity contribution < 1.29 is 93.3 Å². The van der Waals surface area contributed by atoms with E-state index in [2.05, 4.69) is 0 Å². The molecule has 256 valence electrons. The molecule has 4 rings (SSSR count). The molecule has 23 heteroatoms. The van der Waals surface area contributed by atoms with E-state index in [1.165, 1.54) is 0 Å². The van der Waals surface area contributed by atoms with Crippen molar-refractivity contribution in [2.75, 3.05) is 0 Å². The Morgan fingerprint density at radius 3 is 0.383 bits per heavy atom. The minimum absolute atomic E-state index is 0. The van der Waals surface area contributed by atoms with Gasteiger partial charge in [0.1, 0.15) is 52.7 Å². The Morgan fingerprint density at radius 1 is 0.191 bits per heavy atom. The molecule has 0 atom stereocenters. The summed E-state index contributed by atoms with van der Waals surface area (Å²) < 4.78 is 294. The lowest BCUT2D eigenvalue weighted by molar-refractivity contribution is 0.378. The molecule has 0 aliphatic heterocycles. The van der Waals surface area contributed by atoms with Gasteiger partial charge in [-0.2, -0.15) is 0 Å². The van der Waals surface area contributed by atoms with Gasteiger partial charge in [0.05, 0.1) is 0 Å². The molecule has 0 unspecified atom stereocenters. The minimum atomic E-state index is -7.22. The Kier molecular flexibility index (Phi) is 10.3. The first-order chi connectivity index (χ1) is 20.7. The van der Waals surface area contributed by atoms with E-state index in [1.807, 2.05) is 0 Å². The minimum Gasteiger partial charge on any atom is -0.412 e. The van der Waals surface area contributed by atoms with Crippen LogP contribution in [0.4, 0.5) is 87.8 Å². The van der Waals surface area contributed by atoms with Crippen LogP contribution in [-0.4, -0.2) is 11.6 Å². The summed E-state index contributed by atoms with van der Waals surface area (Å²) in [5, 5.41) is 0. The SMILES string of the molecule is Fc1c(F)c(F)c([B-](c2c(F)c(F)c(F)c(F)c2F)(c2c(F)c(F)c(F)c(F)c2F)c2c(F)c(F)c(F)c(F)c2F)c(F)c1F.O.[NH4+]. The van der Waals surface area contributed by atoms with Crippen LogP contribution in [0.5, 0.6) is 0 Å². The van der Waals surface area contributed by atoms with Gasteiger partial charge in [-0.15, -0.1) is 21.9 Å². The second-order valence-corrected chi connectivity index (χ2v) is 8.80. The van der Waals surface area contributed by atoms with Crippen LogP contribution < -0.4 is 28.0 Å². The Hall–Kier alpha value is -4.54. The molecular weight excluding hydrogens is 709 g/mol. The quantitative estimate of drug-likeness (QED) is 0.128. The molecule has 0 saturated heterocycles. The molecule has 4 aromatic rings. The van der Waals surface area contributed by atoms with Crippen LogP contribution in [0.1, 0.15) is 0 Å². The number of quaternary nitrogens is 1. The predicted octanol–water partition coefficient (Wildman–Crippen LogP) is 5.40. The molecule has 0 aliphatic carbocycles. The van der Waals surface area contributed by atoms with Gasteiger partial charge in [0.15, 0.2) is 69.8 Å². The third kappa shape index (κ3) is 4.84. The van der Waals surface area contributed by atoms with Crippen LogP contribution in [0.2, 0.25) is 0 Å². The van der Waals surface area contributed by atoms with Crippen molar-refractivity contribution >= 4 is 28.0 Å². The summed E-state index contributed by atoms with van der Waals surface area (Å²) in [6.45, 7) is 0. The third-order valence-corrected chi connectivity index (χ3v) is 6.71. The van der Waals surface area contributed by atoms with Gasteiger partial charge in [0.25, 0.3) is 0 Å². The molecule has 4 aromatic carbocycles. The van der Waals surface area contributed by atoms with Crippen molar-refractivity contribution in [3.8, 4) is 0 Å². The maximum atomic E-state index is 15.4. The van der Waals surface area contributed by atoms with Crippen LogP contribution in [0.15, 0.2) is 0 Å². The van der Waals surface area contributed by atoms with Gasteiger partial charge in [0, 0.05) is 0 Å². The van der Waals surface area contributed by atoms with Crippen molar-refractivity contribution in [3.63, 3.8) is 0 Å². The van der Waals surface area contributed by atoms with E-state index in [-0.39, 0.29) is 11.6 Å². The zero-order valence-corrected chi connectivity index (χ0v) is 21.6. The molecule has 0 saturated carbocycles. The second-order valence-electron chi connectivity index (χ2n) is 8.80. The Bertz CT molecular complexity index is 1580.